The van der Waals surface area contributed by atoms with Crippen LogP contribution in [-0.4, -0.2) is 86.8 Å². The summed E-state index contributed by atoms with van der Waals surface area (Å²) in [5.74, 6) is 2.04. The van der Waals surface area contributed by atoms with Gasteiger partial charge in [-0.3, -0.25) is 0 Å². The molecule has 29 heavy (non-hydrogen) atoms. The first kappa shape index (κ1) is 22.0. The van der Waals surface area contributed by atoms with Crippen LogP contribution < -0.4 is 15.1 Å². The molecule has 0 aliphatic carbocycles. The zero-order valence-corrected chi connectivity index (χ0v) is 18.1. The molecule has 2 aliphatic rings. The van der Waals surface area contributed by atoms with E-state index in [1.165, 1.54) is 0 Å². The average Bonchev–Trinajstić information content (AvgIpc) is 2.75. The molecule has 2 saturated heterocycles. The Hall–Kier alpha value is -1.71. The van der Waals surface area contributed by atoms with Crippen LogP contribution in [0.4, 0.5) is 17.8 Å². The van der Waals surface area contributed by atoms with E-state index in [0.29, 0.717) is 19.1 Å². The SMILES string of the molecule is CCO[C@H]1CCCN(c2nc(NCCOC)nc(N3CCC[C@H](OCC)C3)n2)C1. The second kappa shape index (κ2) is 11.5. The fourth-order valence-corrected chi connectivity index (χ4v) is 3.96. The predicted octanol–water partition coefficient (Wildman–Crippen LogP) is 1.94. The molecule has 9 nitrogen and oxygen atoms in total. The third kappa shape index (κ3) is 6.38. The van der Waals surface area contributed by atoms with Gasteiger partial charge in [-0.2, -0.15) is 15.0 Å². The fraction of sp³-hybridized carbons (Fsp3) is 0.850. The van der Waals surface area contributed by atoms with E-state index in [-0.39, 0.29) is 12.2 Å². The summed E-state index contributed by atoms with van der Waals surface area (Å²) in [5, 5.41) is 3.27. The molecule has 3 rings (SSSR count). The van der Waals surface area contributed by atoms with Crippen LogP contribution in [0.15, 0.2) is 0 Å². The molecular weight excluding hydrogens is 372 g/mol. The topological polar surface area (TPSA) is 84.9 Å². The molecule has 164 valence electrons. The van der Waals surface area contributed by atoms with Crippen molar-refractivity contribution in [1.82, 2.24) is 15.0 Å². The van der Waals surface area contributed by atoms with Crippen molar-refractivity contribution in [3.8, 4) is 0 Å². The molecule has 0 aromatic carbocycles. The van der Waals surface area contributed by atoms with E-state index in [1.807, 2.05) is 13.8 Å². The number of piperidine rings is 2. The number of hydrogen-bond donors (Lipinski definition) is 1. The van der Waals surface area contributed by atoms with Gasteiger partial charge >= 0.3 is 0 Å². The summed E-state index contributed by atoms with van der Waals surface area (Å²) in [6, 6.07) is 0. The number of hydrogen-bond acceptors (Lipinski definition) is 9. The highest BCUT2D eigenvalue weighted by molar-refractivity contribution is 5.46. The highest BCUT2D eigenvalue weighted by atomic mass is 16.5. The molecule has 0 spiro atoms. The molecule has 0 bridgehead atoms. The molecule has 0 radical (unpaired) electrons. The van der Waals surface area contributed by atoms with Crippen molar-refractivity contribution in [3.63, 3.8) is 0 Å². The van der Waals surface area contributed by atoms with Crippen molar-refractivity contribution >= 4 is 17.8 Å². The van der Waals surface area contributed by atoms with Crippen LogP contribution in [0, 0.1) is 0 Å². The van der Waals surface area contributed by atoms with Gasteiger partial charge in [-0.25, -0.2) is 0 Å². The average molecular weight is 409 g/mol. The van der Waals surface area contributed by atoms with Gasteiger partial charge in [-0.05, 0) is 39.5 Å². The largest absolute Gasteiger partial charge is 0.383 e. The molecule has 9 heteroatoms. The van der Waals surface area contributed by atoms with Crippen LogP contribution in [0.5, 0.6) is 0 Å². The Labute approximate surface area is 174 Å². The Bertz CT molecular complexity index is 572. The van der Waals surface area contributed by atoms with Gasteiger partial charge in [0, 0.05) is 53.0 Å². The molecule has 1 aromatic heterocycles. The van der Waals surface area contributed by atoms with Gasteiger partial charge in [0.05, 0.1) is 18.8 Å². The smallest absolute Gasteiger partial charge is 0.232 e. The summed E-state index contributed by atoms with van der Waals surface area (Å²) in [6.07, 6.45) is 4.79. The molecule has 2 atom stereocenters. The Balaban J connectivity index is 1.79. The quantitative estimate of drug-likeness (QED) is 0.584. The van der Waals surface area contributed by atoms with Crippen molar-refractivity contribution in [2.75, 3.05) is 74.8 Å². The zero-order valence-electron chi connectivity index (χ0n) is 18.1. The molecule has 3 heterocycles. The molecule has 2 aliphatic heterocycles. The first-order valence-corrected chi connectivity index (χ1v) is 11.0. The summed E-state index contributed by atoms with van der Waals surface area (Å²) >= 11 is 0. The number of methoxy groups -OCH3 is 1. The van der Waals surface area contributed by atoms with E-state index in [1.54, 1.807) is 7.11 Å². The molecular formula is C20H36N6O3. The van der Waals surface area contributed by atoms with Crippen molar-refractivity contribution in [1.29, 1.82) is 0 Å². The van der Waals surface area contributed by atoms with Crippen LogP contribution in [-0.2, 0) is 14.2 Å². The van der Waals surface area contributed by atoms with Crippen molar-refractivity contribution in [2.45, 2.75) is 51.7 Å². The number of nitrogens with zero attached hydrogens (tertiary/aromatic N) is 5. The van der Waals surface area contributed by atoms with Crippen LogP contribution in [0.3, 0.4) is 0 Å². The van der Waals surface area contributed by atoms with E-state index in [0.717, 1.165) is 77.0 Å². The number of aromatic nitrogens is 3. The summed E-state index contributed by atoms with van der Waals surface area (Å²) in [4.78, 5) is 18.7. The van der Waals surface area contributed by atoms with Crippen LogP contribution >= 0.6 is 0 Å². The number of nitrogens with one attached hydrogen (secondary N) is 1. The minimum Gasteiger partial charge on any atom is -0.383 e. The Morgan fingerprint density at radius 3 is 1.93 bits per heavy atom. The van der Waals surface area contributed by atoms with E-state index >= 15 is 0 Å². The van der Waals surface area contributed by atoms with Gasteiger partial charge in [-0.1, -0.05) is 0 Å². The van der Waals surface area contributed by atoms with Gasteiger partial charge in [0.2, 0.25) is 17.8 Å². The number of rotatable bonds is 10. The van der Waals surface area contributed by atoms with Crippen molar-refractivity contribution in [3.05, 3.63) is 0 Å². The lowest BCUT2D eigenvalue weighted by molar-refractivity contribution is 0.0520. The summed E-state index contributed by atoms with van der Waals surface area (Å²) in [7, 11) is 1.69. The van der Waals surface area contributed by atoms with Crippen LogP contribution in [0.1, 0.15) is 39.5 Å². The standard InChI is InChI=1S/C20H36N6O3/c1-4-28-16-8-6-11-25(14-16)19-22-18(21-10-13-27-3)23-20(24-19)26-12-7-9-17(15-26)29-5-2/h16-17H,4-15H2,1-3H3,(H,21,22,23,24)/t16-,17-/m0/s1. The monoisotopic (exact) mass is 408 g/mol. The molecule has 2 fully saturated rings. The summed E-state index contributed by atoms with van der Waals surface area (Å²) in [5.41, 5.74) is 0. The third-order valence-corrected chi connectivity index (χ3v) is 5.33. The predicted molar refractivity (Wildman–Crippen MR) is 114 cm³/mol. The lowest BCUT2D eigenvalue weighted by atomic mass is 10.1. The fourth-order valence-electron chi connectivity index (χ4n) is 3.96. The Morgan fingerprint density at radius 2 is 1.45 bits per heavy atom. The van der Waals surface area contributed by atoms with E-state index in [4.69, 9.17) is 29.2 Å². The van der Waals surface area contributed by atoms with Crippen molar-refractivity contribution in [2.24, 2.45) is 0 Å². The molecule has 0 unspecified atom stereocenters. The molecule has 0 amide bonds. The third-order valence-electron chi connectivity index (χ3n) is 5.33. The van der Waals surface area contributed by atoms with Gasteiger partial charge in [0.15, 0.2) is 0 Å². The maximum Gasteiger partial charge on any atom is 0.232 e. The second-order valence-corrected chi connectivity index (χ2v) is 7.51. The second-order valence-electron chi connectivity index (χ2n) is 7.51. The van der Waals surface area contributed by atoms with E-state index in [2.05, 4.69) is 15.1 Å². The molecule has 1 aromatic rings. The minimum absolute atomic E-state index is 0.233. The Kier molecular flexibility index (Phi) is 8.69. The Morgan fingerprint density at radius 1 is 0.897 bits per heavy atom. The summed E-state index contributed by atoms with van der Waals surface area (Å²) in [6.45, 7) is 10.3. The van der Waals surface area contributed by atoms with Gasteiger partial charge in [0.1, 0.15) is 0 Å². The van der Waals surface area contributed by atoms with Gasteiger partial charge < -0.3 is 29.3 Å². The summed E-state index contributed by atoms with van der Waals surface area (Å²) < 4.78 is 16.9. The van der Waals surface area contributed by atoms with Crippen LogP contribution in [0.25, 0.3) is 0 Å². The maximum absolute atomic E-state index is 5.86. The number of ether oxygens (including phenoxy) is 3. The maximum atomic E-state index is 5.86. The van der Waals surface area contributed by atoms with E-state index < -0.39 is 0 Å². The van der Waals surface area contributed by atoms with Gasteiger partial charge in [-0.15, -0.1) is 0 Å². The van der Waals surface area contributed by atoms with E-state index in [9.17, 15) is 0 Å². The van der Waals surface area contributed by atoms with Gasteiger partial charge in [0.25, 0.3) is 0 Å². The van der Waals surface area contributed by atoms with Crippen molar-refractivity contribution < 1.29 is 14.2 Å². The minimum atomic E-state index is 0.233. The first-order valence-electron chi connectivity index (χ1n) is 11.0. The lowest BCUT2D eigenvalue weighted by Gasteiger charge is -2.35. The number of anilines is 3. The highest BCUT2D eigenvalue weighted by Gasteiger charge is 2.26. The van der Waals surface area contributed by atoms with Crippen LogP contribution in [0.2, 0.25) is 0 Å². The highest BCUT2D eigenvalue weighted by Crippen LogP contribution is 2.24. The molecule has 1 N–H and O–H groups in total. The lowest BCUT2D eigenvalue weighted by Crippen LogP contribution is -2.42. The molecule has 0 saturated carbocycles. The normalized spacial score (nSPS) is 22.7. The zero-order chi connectivity index (χ0) is 20.5. The first-order chi connectivity index (χ1) is 14.2.